The minimum absolute atomic E-state index is 0.277. The molecule has 0 aromatic heterocycles. The number of para-hydroxylation sites is 1. The molecular weight excluding hydrogens is 227 g/mol. The fourth-order valence-corrected chi connectivity index (χ4v) is 1.94. The van der Waals surface area contributed by atoms with Gasteiger partial charge in [0, 0.05) is 12.2 Å². The Morgan fingerprint density at radius 3 is 2.61 bits per heavy atom. The van der Waals surface area contributed by atoms with Gasteiger partial charge < -0.3 is 4.90 Å². The van der Waals surface area contributed by atoms with Crippen LogP contribution in [0.5, 0.6) is 0 Å². The first kappa shape index (κ1) is 12.1. The summed E-state index contributed by atoms with van der Waals surface area (Å²) < 4.78 is 13.3. The molecule has 2 rings (SSSR count). The Bertz CT molecular complexity index is 587. The molecule has 0 atom stereocenters. The Labute approximate surface area is 106 Å². The van der Waals surface area contributed by atoms with Gasteiger partial charge in [-0.05, 0) is 37.3 Å². The highest BCUT2D eigenvalue weighted by Crippen LogP contribution is 2.28. The van der Waals surface area contributed by atoms with E-state index in [-0.39, 0.29) is 5.82 Å². The molecule has 0 saturated carbocycles. The predicted octanol–water partition coefficient (Wildman–Crippen LogP) is 3.86. The third-order valence-corrected chi connectivity index (χ3v) is 2.75. The molecule has 0 amide bonds. The fraction of sp³-hybridized carbons (Fsp3) is 0.133. The van der Waals surface area contributed by atoms with Crippen molar-refractivity contribution < 1.29 is 4.39 Å². The Hall–Kier alpha value is -2.34. The predicted molar refractivity (Wildman–Crippen MR) is 70.2 cm³/mol. The molecule has 0 unspecified atom stereocenters. The number of anilines is 2. The molecule has 0 radical (unpaired) electrons. The molecule has 3 heteroatoms. The van der Waals surface area contributed by atoms with E-state index in [2.05, 4.69) is 6.07 Å². The van der Waals surface area contributed by atoms with Crippen LogP contribution in [-0.2, 0) is 0 Å². The standard InChI is InChI=1S/C15H13FN2/c1-2-18(14-8-5-7-13(16)10-14)15-9-4-3-6-12(15)11-17/h3-10H,2H2,1H3. The maximum absolute atomic E-state index is 13.3. The number of nitrogens with zero attached hydrogens (tertiary/aromatic N) is 2. The van der Waals surface area contributed by atoms with Crippen molar-refractivity contribution in [3.8, 4) is 6.07 Å². The molecule has 0 spiro atoms. The zero-order valence-electron chi connectivity index (χ0n) is 10.1. The lowest BCUT2D eigenvalue weighted by atomic mass is 10.1. The summed E-state index contributed by atoms with van der Waals surface area (Å²) in [4.78, 5) is 1.92. The average molecular weight is 240 g/mol. The monoisotopic (exact) mass is 240 g/mol. The molecule has 0 aliphatic heterocycles. The lowest BCUT2D eigenvalue weighted by Gasteiger charge is -2.24. The Balaban J connectivity index is 2.49. The van der Waals surface area contributed by atoms with Gasteiger partial charge in [0.2, 0.25) is 0 Å². The van der Waals surface area contributed by atoms with Crippen molar-refractivity contribution in [3.05, 3.63) is 59.9 Å². The van der Waals surface area contributed by atoms with E-state index >= 15 is 0 Å². The van der Waals surface area contributed by atoms with Crippen LogP contribution in [0, 0.1) is 17.1 Å². The molecule has 2 aromatic rings. The van der Waals surface area contributed by atoms with E-state index in [4.69, 9.17) is 5.26 Å². The second-order valence-corrected chi connectivity index (χ2v) is 3.85. The molecule has 18 heavy (non-hydrogen) atoms. The topological polar surface area (TPSA) is 27.0 Å². The van der Waals surface area contributed by atoms with Gasteiger partial charge in [0.25, 0.3) is 0 Å². The second-order valence-electron chi connectivity index (χ2n) is 3.85. The third kappa shape index (κ3) is 2.33. The molecule has 0 N–H and O–H groups in total. The molecule has 0 saturated heterocycles. The number of rotatable bonds is 3. The minimum atomic E-state index is -0.277. The van der Waals surface area contributed by atoms with Crippen LogP contribution < -0.4 is 4.90 Å². The first-order valence-corrected chi connectivity index (χ1v) is 5.78. The van der Waals surface area contributed by atoms with E-state index in [9.17, 15) is 4.39 Å². The highest BCUT2D eigenvalue weighted by atomic mass is 19.1. The quantitative estimate of drug-likeness (QED) is 0.814. The van der Waals surface area contributed by atoms with Crippen molar-refractivity contribution >= 4 is 11.4 Å². The molecular formula is C15H13FN2. The molecule has 0 fully saturated rings. The van der Waals surface area contributed by atoms with E-state index in [1.165, 1.54) is 12.1 Å². The summed E-state index contributed by atoms with van der Waals surface area (Å²) >= 11 is 0. The average Bonchev–Trinajstić information content (AvgIpc) is 2.40. The van der Waals surface area contributed by atoms with E-state index in [1.807, 2.05) is 36.1 Å². The molecule has 90 valence electrons. The van der Waals surface area contributed by atoms with E-state index in [1.54, 1.807) is 12.1 Å². The van der Waals surface area contributed by atoms with E-state index in [0.29, 0.717) is 12.1 Å². The smallest absolute Gasteiger partial charge is 0.125 e. The summed E-state index contributed by atoms with van der Waals surface area (Å²) in [5.74, 6) is -0.277. The third-order valence-electron chi connectivity index (χ3n) is 2.75. The summed E-state index contributed by atoms with van der Waals surface area (Å²) in [5.41, 5.74) is 2.14. The molecule has 2 aromatic carbocycles. The van der Waals surface area contributed by atoms with Gasteiger partial charge in [-0.25, -0.2) is 4.39 Å². The maximum atomic E-state index is 13.3. The first-order valence-electron chi connectivity index (χ1n) is 5.78. The number of benzene rings is 2. The van der Waals surface area contributed by atoms with Crippen LogP contribution in [0.1, 0.15) is 12.5 Å². The summed E-state index contributed by atoms with van der Waals surface area (Å²) in [5, 5.41) is 9.11. The Morgan fingerprint density at radius 2 is 1.94 bits per heavy atom. The van der Waals surface area contributed by atoms with Crippen LogP contribution in [0.4, 0.5) is 15.8 Å². The number of halogens is 1. The van der Waals surface area contributed by atoms with E-state index < -0.39 is 0 Å². The van der Waals surface area contributed by atoms with Gasteiger partial charge in [0.1, 0.15) is 11.9 Å². The number of hydrogen-bond donors (Lipinski definition) is 0. The van der Waals surface area contributed by atoms with Crippen LogP contribution in [0.15, 0.2) is 48.5 Å². The van der Waals surface area contributed by atoms with Gasteiger partial charge in [-0.1, -0.05) is 18.2 Å². The lowest BCUT2D eigenvalue weighted by molar-refractivity contribution is 0.627. The Kier molecular flexibility index (Phi) is 3.59. The SMILES string of the molecule is CCN(c1cccc(F)c1)c1ccccc1C#N. The highest BCUT2D eigenvalue weighted by Gasteiger charge is 2.11. The molecule has 0 aliphatic rings. The van der Waals surface area contributed by atoms with Gasteiger partial charge in [0.05, 0.1) is 11.3 Å². The number of hydrogen-bond acceptors (Lipinski definition) is 2. The van der Waals surface area contributed by atoms with Gasteiger partial charge in [0.15, 0.2) is 0 Å². The zero-order chi connectivity index (χ0) is 13.0. The maximum Gasteiger partial charge on any atom is 0.125 e. The van der Waals surface area contributed by atoms with Crippen LogP contribution >= 0.6 is 0 Å². The van der Waals surface area contributed by atoms with Crippen LogP contribution in [0.25, 0.3) is 0 Å². The molecule has 2 nitrogen and oxygen atoms in total. The summed E-state index contributed by atoms with van der Waals surface area (Å²) in [6, 6.07) is 15.9. The van der Waals surface area contributed by atoms with Crippen LogP contribution in [0.3, 0.4) is 0 Å². The largest absolute Gasteiger partial charge is 0.341 e. The van der Waals surface area contributed by atoms with Crippen molar-refractivity contribution in [2.24, 2.45) is 0 Å². The first-order chi connectivity index (χ1) is 8.76. The number of nitriles is 1. The van der Waals surface area contributed by atoms with Crippen molar-refractivity contribution in [2.75, 3.05) is 11.4 Å². The summed E-state index contributed by atoms with van der Waals surface area (Å²) in [6.45, 7) is 2.64. The second kappa shape index (κ2) is 5.33. The zero-order valence-corrected chi connectivity index (χ0v) is 10.1. The summed E-state index contributed by atoms with van der Waals surface area (Å²) in [7, 11) is 0. The van der Waals surface area contributed by atoms with Crippen molar-refractivity contribution in [1.29, 1.82) is 5.26 Å². The molecule has 0 bridgehead atoms. The van der Waals surface area contributed by atoms with Gasteiger partial charge in [-0.3, -0.25) is 0 Å². The van der Waals surface area contributed by atoms with Crippen LogP contribution in [-0.4, -0.2) is 6.54 Å². The van der Waals surface area contributed by atoms with Gasteiger partial charge in [-0.15, -0.1) is 0 Å². The van der Waals surface area contributed by atoms with Crippen molar-refractivity contribution in [3.63, 3.8) is 0 Å². The van der Waals surface area contributed by atoms with Crippen molar-refractivity contribution in [2.45, 2.75) is 6.92 Å². The minimum Gasteiger partial charge on any atom is -0.341 e. The normalized spacial score (nSPS) is 9.83. The molecule has 0 heterocycles. The molecule has 0 aliphatic carbocycles. The van der Waals surface area contributed by atoms with Crippen molar-refractivity contribution in [1.82, 2.24) is 0 Å². The highest BCUT2D eigenvalue weighted by molar-refractivity contribution is 5.69. The van der Waals surface area contributed by atoms with E-state index in [0.717, 1.165) is 11.4 Å². The lowest BCUT2D eigenvalue weighted by Crippen LogP contribution is -2.17. The summed E-state index contributed by atoms with van der Waals surface area (Å²) in [6.07, 6.45) is 0. The van der Waals surface area contributed by atoms with Gasteiger partial charge in [-0.2, -0.15) is 5.26 Å². The van der Waals surface area contributed by atoms with Crippen LogP contribution in [0.2, 0.25) is 0 Å². The fourth-order valence-electron chi connectivity index (χ4n) is 1.94. The van der Waals surface area contributed by atoms with Gasteiger partial charge >= 0.3 is 0 Å². The Morgan fingerprint density at radius 1 is 1.17 bits per heavy atom.